The molecule has 1 aromatic rings. The van der Waals surface area contributed by atoms with E-state index in [9.17, 15) is 9.59 Å². The summed E-state index contributed by atoms with van der Waals surface area (Å²) in [4.78, 5) is 24.0. The van der Waals surface area contributed by atoms with Crippen molar-refractivity contribution < 1.29 is 14.3 Å². The van der Waals surface area contributed by atoms with Crippen LogP contribution in [0.25, 0.3) is 0 Å². The number of hydrogen-bond donors (Lipinski definition) is 2. The highest BCUT2D eigenvalue weighted by molar-refractivity contribution is 5.95. The summed E-state index contributed by atoms with van der Waals surface area (Å²) in [6.07, 6.45) is 12.3. The van der Waals surface area contributed by atoms with Crippen LogP contribution in [0.15, 0.2) is 24.3 Å². The third-order valence-corrected chi connectivity index (χ3v) is 4.61. The molecular formula is C24H40N2O3. The average molecular weight is 405 g/mol. The molecule has 0 aliphatic rings. The second kappa shape index (κ2) is 14.0. The van der Waals surface area contributed by atoms with Crippen LogP contribution in [0.1, 0.15) is 102 Å². The molecule has 0 unspecified atom stereocenters. The van der Waals surface area contributed by atoms with E-state index < -0.39 is 11.7 Å². The number of nitrogens with one attached hydrogen (secondary N) is 2. The minimum atomic E-state index is -0.543. The van der Waals surface area contributed by atoms with Gasteiger partial charge in [-0.3, -0.25) is 10.1 Å². The standard InChI is InChI=1S/C24H40N2O3/c1-5-6-7-8-9-10-11-12-13-14-19-25-22(27)20-15-17-21(18-16-20)26-23(28)29-24(2,3)4/h15-18H,5-14,19H2,1-4H3,(H,25,27)(H,26,28). The number of ether oxygens (including phenoxy) is 1. The molecule has 2 N–H and O–H groups in total. The Morgan fingerprint density at radius 2 is 1.34 bits per heavy atom. The number of benzene rings is 1. The van der Waals surface area contributed by atoms with Crippen molar-refractivity contribution in [2.75, 3.05) is 11.9 Å². The van der Waals surface area contributed by atoms with Gasteiger partial charge >= 0.3 is 6.09 Å². The number of anilines is 1. The monoisotopic (exact) mass is 404 g/mol. The number of hydrogen-bond acceptors (Lipinski definition) is 3. The van der Waals surface area contributed by atoms with Crippen LogP contribution in [0.2, 0.25) is 0 Å². The normalized spacial score (nSPS) is 11.2. The Kier molecular flexibility index (Phi) is 12.1. The van der Waals surface area contributed by atoms with Crippen LogP contribution >= 0.6 is 0 Å². The van der Waals surface area contributed by atoms with Crippen LogP contribution in [0.4, 0.5) is 10.5 Å². The van der Waals surface area contributed by atoms with Crippen molar-refractivity contribution in [1.82, 2.24) is 5.32 Å². The van der Waals surface area contributed by atoms with Crippen molar-refractivity contribution in [2.24, 2.45) is 0 Å². The van der Waals surface area contributed by atoms with E-state index in [1.165, 1.54) is 51.4 Å². The molecule has 0 aromatic heterocycles. The van der Waals surface area contributed by atoms with Crippen molar-refractivity contribution in [1.29, 1.82) is 0 Å². The van der Waals surface area contributed by atoms with Crippen LogP contribution in [0.5, 0.6) is 0 Å². The Bertz CT molecular complexity index is 591. The lowest BCUT2D eigenvalue weighted by Gasteiger charge is -2.19. The molecule has 0 radical (unpaired) electrons. The molecule has 2 amide bonds. The lowest BCUT2D eigenvalue weighted by molar-refractivity contribution is 0.0635. The van der Waals surface area contributed by atoms with Crippen LogP contribution in [-0.2, 0) is 4.74 Å². The summed E-state index contributed by atoms with van der Waals surface area (Å²) < 4.78 is 5.21. The molecule has 5 heteroatoms. The number of carbonyl (C=O) groups excluding carboxylic acids is 2. The van der Waals surface area contributed by atoms with E-state index in [-0.39, 0.29) is 5.91 Å². The van der Waals surface area contributed by atoms with E-state index in [0.717, 1.165) is 12.8 Å². The first-order valence-corrected chi connectivity index (χ1v) is 11.2. The molecule has 0 aliphatic heterocycles. The van der Waals surface area contributed by atoms with Gasteiger partial charge in [-0.05, 0) is 51.5 Å². The molecule has 164 valence electrons. The van der Waals surface area contributed by atoms with E-state index in [2.05, 4.69) is 17.6 Å². The summed E-state index contributed by atoms with van der Waals surface area (Å²) in [5.74, 6) is -0.0789. The third kappa shape index (κ3) is 12.9. The summed E-state index contributed by atoms with van der Waals surface area (Å²) in [7, 11) is 0. The SMILES string of the molecule is CCCCCCCCCCCCNC(=O)c1ccc(NC(=O)OC(C)(C)C)cc1. The molecule has 0 heterocycles. The zero-order chi connectivity index (χ0) is 21.5. The Balaban J connectivity index is 2.15. The fourth-order valence-electron chi connectivity index (χ4n) is 3.04. The molecule has 0 spiro atoms. The fraction of sp³-hybridized carbons (Fsp3) is 0.667. The highest BCUT2D eigenvalue weighted by Crippen LogP contribution is 2.13. The Morgan fingerprint density at radius 3 is 1.86 bits per heavy atom. The van der Waals surface area contributed by atoms with Crippen molar-refractivity contribution in [2.45, 2.75) is 97.5 Å². The number of carbonyl (C=O) groups is 2. The summed E-state index contributed by atoms with van der Waals surface area (Å²) >= 11 is 0. The molecule has 0 bridgehead atoms. The van der Waals surface area contributed by atoms with Crippen LogP contribution in [0, 0.1) is 0 Å². The Labute approximate surface area is 177 Å². The second-order valence-corrected chi connectivity index (χ2v) is 8.64. The molecule has 0 fully saturated rings. The first-order valence-electron chi connectivity index (χ1n) is 11.2. The summed E-state index contributed by atoms with van der Waals surface area (Å²) in [5, 5.41) is 5.63. The molecule has 0 atom stereocenters. The molecule has 29 heavy (non-hydrogen) atoms. The van der Waals surface area contributed by atoms with Gasteiger partial charge in [0.2, 0.25) is 0 Å². The van der Waals surface area contributed by atoms with Gasteiger partial charge in [0.05, 0.1) is 0 Å². The van der Waals surface area contributed by atoms with Crippen molar-refractivity contribution >= 4 is 17.7 Å². The van der Waals surface area contributed by atoms with Crippen LogP contribution < -0.4 is 10.6 Å². The average Bonchev–Trinajstić information content (AvgIpc) is 2.65. The maximum absolute atomic E-state index is 12.2. The zero-order valence-electron chi connectivity index (χ0n) is 18.8. The predicted octanol–water partition coefficient (Wildman–Crippen LogP) is 6.68. The van der Waals surface area contributed by atoms with E-state index in [0.29, 0.717) is 17.8 Å². The van der Waals surface area contributed by atoms with Gasteiger partial charge in [-0.1, -0.05) is 64.7 Å². The van der Waals surface area contributed by atoms with Gasteiger partial charge in [-0.15, -0.1) is 0 Å². The maximum Gasteiger partial charge on any atom is 0.412 e. The molecule has 1 aromatic carbocycles. The molecule has 5 nitrogen and oxygen atoms in total. The van der Waals surface area contributed by atoms with Gasteiger partial charge in [-0.2, -0.15) is 0 Å². The Morgan fingerprint density at radius 1 is 0.828 bits per heavy atom. The molecule has 0 aliphatic carbocycles. The van der Waals surface area contributed by atoms with E-state index in [1.807, 2.05) is 20.8 Å². The Hall–Kier alpha value is -2.04. The minimum Gasteiger partial charge on any atom is -0.444 e. The zero-order valence-corrected chi connectivity index (χ0v) is 18.8. The molecule has 0 saturated carbocycles. The second-order valence-electron chi connectivity index (χ2n) is 8.64. The molecular weight excluding hydrogens is 364 g/mol. The summed E-state index contributed by atoms with van der Waals surface area (Å²) in [6.45, 7) is 8.39. The van der Waals surface area contributed by atoms with E-state index in [4.69, 9.17) is 4.74 Å². The highest BCUT2D eigenvalue weighted by Gasteiger charge is 2.16. The van der Waals surface area contributed by atoms with Crippen molar-refractivity contribution in [3.05, 3.63) is 29.8 Å². The lowest BCUT2D eigenvalue weighted by Crippen LogP contribution is -2.27. The number of amides is 2. The first kappa shape index (κ1) is 25.0. The topological polar surface area (TPSA) is 67.4 Å². The van der Waals surface area contributed by atoms with Crippen molar-refractivity contribution in [3.63, 3.8) is 0 Å². The smallest absolute Gasteiger partial charge is 0.412 e. The third-order valence-electron chi connectivity index (χ3n) is 4.61. The first-order chi connectivity index (χ1) is 13.8. The van der Waals surface area contributed by atoms with Crippen LogP contribution in [-0.4, -0.2) is 24.1 Å². The van der Waals surface area contributed by atoms with Gasteiger partial charge in [0, 0.05) is 17.8 Å². The molecule has 0 saturated heterocycles. The predicted molar refractivity (Wildman–Crippen MR) is 120 cm³/mol. The van der Waals surface area contributed by atoms with Crippen molar-refractivity contribution in [3.8, 4) is 0 Å². The largest absolute Gasteiger partial charge is 0.444 e. The van der Waals surface area contributed by atoms with Gasteiger partial charge in [0.25, 0.3) is 5.91 Å². The highest BCUT2D eigenvalue weighted by atomic mass is 16.6. The van der Waals surface area contributed by atoms with Gasteiger partial charge < -0.3 is 10.1 Å². The molecule has 1 rings (SSSR count). The number of unbranched alkanes of at least 4 members (excludes halogenated alkanes) is 9. The lowest BCUT2D eigenvalue weighted by atomic mass is 10.1. The van der Waals surface area contributed by atoms with Gasteiger partial charge in [-0.25, -0.2) is 4.79 Å². The fourth-order valence-corrected chi connectivity index (χ4v) is 3.04. The quantitative estimate of drug-likeness (QED) is 0.360. The van der Waals surface area contributed by atoms with E-state index >= 15 is 0 Å². The van der Waals surface area contributed by atoms with E-state index in [1.54, 1.807) is 24.3 Å². The summed E-state index contributed by atoms with van der Waals surface area (Å²) in [5.41, 5.74) is 0.649. The minimum absolute atomic E-state index is 0.0789. The maximum atomic E-state index is 12.2. The summed E-state index contributed by atoms with van der Waals surface area (Å²) in [6, 6.07) is 6.83. The van der Waals surface area contributed by atoms with Gasteiger partial charge in [0.15, 0.2) is 0 Å². The van der Waals surface area contributed by atoms with Gasteiger partial charge in [0.1, 0.15) is 5.60 Å². The number of rotatable bonds is 13. The van der Waals surface area contributed by atoms with Crippen LogP contribution in [0.3, 0.4) is 0 Å².